The van der Waals surface area contributed by atoms with Crippen LogP contribution in [0.4, 0.5) is 5.69 Å². The molecular formula is C21H17N3S. The number of aliphatic imine (C=N–C) groups is 1. The third-order valence-corrected chi connectivity index (χ3v) is 4.52. The molecule has 0 aliphatic carbocycles. The third kappa shape index (κ3) is 4.77. The van der Waals surface area contributed by atoms with Gasteiger partial charge in [-0.1, -0.05) is 66.4 Å². The molecule has 1 aromatic heterocycles. The van der Waals surface area contributed by atoms with Gasteiger partial charge in [-0.3, -0.25) is 0 Å². The molecule has 0 saturated carbocycles. The standard InChI is InChI=1S/C21H17N3S/c22-16-20(24-14-8-3-9-15-24)21(23-19-12-6-2-7-13-19)25-17-18-10-4-1-5-11-18/h1-15H,17H2. The molecule has 0 N–H and O–H groups in total. The van der Waals surface area contributed by atoms with E-state index in [1.54, 1.807) is 16.3 Å². The maximum atomic E-state index is 9.72. The Hall–Kier alpha value is -2.94. The molecule has 0 bridgehead atoms. The van der Waals surface area contributed by atoms with E-state index in [-0.39, 0.29) is 0 Å². The van der Waals surface area contributed by atoms with Crippen molar-refractivity contribution >= 4 is 34.1 Å². The van der Waals surface area contributed by atoms with Gasteiger partial charge in [-0.15, -0.1) is 0 Å². The van der Waals surface area contributed by atoms with Gasteiger partial charge in [0, 0.05) is 17.9 Å². The second kappa shape index (κ2) is 8.78. The molecule has 122 valence electrons. The van der Waals surface area contributed by atoms with Gasteiger partial charge >= 0.3 is 0 Å². The lowest BCUT2D eigenvalue weighted by atomic mass is 10.2. The molecule has 0 saturated heterocycles. The van der Waals surface area contributed by atoms with Crippen molar-refractivity contribution in [3.05, 3.63) is 102 Å². The molecule has 0 aliphatic rings. The second-order valence-electron chi connectivity index (χ2n) is 5.27. The topological polar surface area (TPSA) is 38.5 Å². The van der Waals surface area contributed by atoms with Gasteiger partial charge in [0.15, 0.2) is 17.4 Å². The van der Waals surface area contributed by atoms with Crippen LogP contribution in [0.3, 0.4) is 0 Å². The number of nitrogens with zero attached hydrogens (tertiary/aromatic N) is 3. The fourth-order valence-corrected chi connectivity index (χ4v) is 3.22. The molecule has 4 heteroatoms. The number of hydrogen-bond donors (Lipinski definition) is 0. The van der Waals surface area contributed by atoms with Gasteiger partial charge in [0.2, 0.25) is 0 Å². The number of hydrogen-bond acceptors (Lipinski definition) is 2. The maximum Gasteiger partial charge on any atom is 0.263 e. The van der Waals surface area contributed by atoms with Gasteiger partial charge < -0.3 is 5.41 Å². The van der Waals surface area contributed by atoms with Crippen molar-refractivity contribution in [1.82, 2.24) is 0 Å². The molecule has 0 spiro atoms. The highest BCUT2D eigenvalue weighted by Gasteiger charge is 2.16. The minimum absolute atomic E-state index is 0.519. The van der Waals surface area contributed by atoms with Gasteiger partial charge in [-0.05, 0) is 17.7 Å². The van der Waals surface area contributed by atoms with Crippen LogP contribution in [0.25, 0.3) is 11.1 Å². The molecule has 0 atom stereocenters. The van der Waals surface area contributed by atoms with Gasteiger partial charge in [-0.25, -0.2) is 4.99 Å². The van der Waals surface area contributed by atoms with E-state index < -0.39 is 0 Å². The Kier molecular flexibility index (Phi) is 5.94. The van der Waals surface area contributed by atoms with Gasteiger partial charge in [0.25, 0.3) is 5.70 Å². The summed E-state index contributed by atoms with van der Waals surface area (Å²) in [6.45, 7) is 0. The number of pyridine rings is 1. The van der Waals surface area contributed by atoms with Gasteiger partial charge in [-0.2, -0.15) is 10.4 Å². The highest BCUT2D eigenvalue weighted by atomic mass is 32.2. The molecule has 3 rings (SSSR count). The van der Waals surface area contributed by atoms with Crippen LogP contribution < -0.4 is 4.57 Å². The van der Waals surface area contributed by atoms with Crippen molar-refractivity contribution in [1.29, 1.82) is 0 Å². The summed E-state index contributed by atoms with van der Waals surface area (Å²) in [7, 11) is 0. The normalized spacial score (nSPS) is 11.0. The zero-order valence-electron chi connectivity index (χ0n) is 13.6. The van der Waals surface area contributed by atoms with Crippen molar-refractivity contribution in [2.75, 3.05) is 0 Å². The smallest absolute Gasteiger partial charge is 0.263 e. The maximum absolute atomic E-state index is 9.72. The number of thioether (sulfide) groups is 1. The predicted molar refractivity (Wildman–Crippen MR) is 106 cm³/mol. The lowest BCUT2D eigenvalue weighted by Gasteiger charge is -2.06. The highest BCUT2D eigenvalue weighted by molar-refractivity contribution is 8.14. The Morgan fingerprint density at radius 1 is 0.880 bits per heavy atom. The zero-order chi connectivity index (χ0) is 17.3. The Labute approximate surface area is 151 Å². The third-order valence-electron chi connectivity index (χ3n) is 3.49. The van der Waals surface area contributed by atoms with Crippen molar-refractivity contribution in [3.63, 3.8) is 0 Å². The summed E-state index contributed by atoms with van der Waals surface area (Å²) in [5.41, 5.74) is 2.55. The number of benzene rings is 2. The number of para-hydroxylation sites is 1. The first kappa shape index (κ1) is 16.9. The van der Waals surface area contributed by atoms with Crippen LogP contribution in [0, 0.1) is 0 Å². The van der Waals surface area contributed by atoms with Crippen molar-refractivity contribution in [3.8, 4) is 0 Å². The summed E-state index contributed by atoms with van der Waals surface area (Å²) >= 11 is 1.57. The number of aromatic nitrogens is 1. The fraction of sp³-hybridized carbons (Fsp3) is 0.0476. The van der Waals surface area contributed by atoms with Crippen LogP contribution in [0.15, 0.2) is 96.2 Å². The Bertz CT molecular complexity index is 884. The lowest BCUT2D eigenvalue weighted by Crippen LogP contribution is -2.34. The minimum Gasteiger partial charge on any atom is -0.758 e. The Balaban J connectivity index is 1.94. The quantitative estimate of drug-likeness (QED) is 0.375. The molecule has 0 aliphatic heterocycles. The lowest BCUT2D eigenvalue weighted by molar-refractivity contribution is -0.574. The molecule has 3 aromatic rings. The van der Waals surface area contributed by atoms with Crippen LogP contribution in [-0.2, 0) is 5.75 Å². The van der Waals surface area contributed by atoms with E-state index in [0.29, 0.717) is 10.7 Å². The molecule has 0 fully saturated rings. The minimum atomic E-state index is 0.519. The summed E-state index contributed by atoms with van der Waals surface area (Å²) in [6.07, 6.45) is 3.73. The van der Waals surface area contributed by atoms with Gasteiger partial charge in [0.05, 0.1) is 5.69 Å². The van der Waals surface area contributed by atoms with Gasteiger partial charge in [0.1, 0.15) is 0 Å². The molecule has 25 heavy (non-hydrogen) atoms. The monoisotopic (exact) mass is 343 g/mol. The van der Waals surface area contributed by atoms with Crippen LogP contribution in [0.2, 0.25) is 0 Å². The van der Waals surface area contributed by atoms with E-state index in [4.69, 9.17) is 4.99 Å². The van der Waals surface area contributed by atoms with Crippen LogP contribution in [-0.4, -0.2) is 10.9 Å². The van der Waals surface area contributed by atoms with E-state index in [1.807, 2.05) is 79.1 Å². The second-order valence-corrected chi connectivity index (χ2v) is 6.23. The number of rotatable bonds is 5. The Morgan fingerprint density at radius 3 is 2.12 bits per heavy atom. The molecule has 0 unspecified atom stereocenters. The molecular weight excluding hydrogens is 326 g/mol. The largest absolute Gasteiger partial charge is 0.758 e. The fourth-order valence-electron chi connectivity index (χ4n) is 2.26. The molecule has 2 aromatic carbocycles. The molecule has 0 radical (unpaired) electrons. The Morgan fingerprint density at radius 2 is 1.48 bits per heavy atom. The molecule has 0 amide bonds. The first-order valence-electron chi connectivity index (χ1n) is 7.91. The van der Waals surface area contributed by atoms with E-state index >= 15 is 0 Å². The van der Waals surface area contributed by atoms with E-state index in [2.05, 4.69) is 18.0 Å². The van der Waals surface area contributed by atoms with Crippen LogP contribution in [0.1, 0.15) is 5.56 Å². The zero-order valence-corrected chi connectivity index (χ0v) is 14.4. The summed E-state index contributed by atoms with van der Waals surface area (Å²) < 4.78 is 1.81. The summed E-state index contributed by atoms with van der Waals surface area (Å²) in [5.74, 6) is 3.06. The molecule has 1 heterocycles. The van der Waals surface area contributed by atoms with E-state index in [9.17, 15) is 5.41 Å². The van der Waals surface area contributed by atoms with Crippen molar-refractivity contribution in [2.45, 2.75) is 5.75 Å². The highest BCUT2D eigenvalue weighted by Crippen LogP contribution is 2.22. The van der Waals surface area contributed by atoms with Crippen LogP contribution >= 0.6 is 11.8 Å². The molecule has 3 nitrogen and oxygen atoms in total. The van der Waals surface area contributed by atoms with Crippen LogP contribution in [0.5, 0.6) is 0 Å². The summed E-state index contributed by atoms with van der Waals surface area (Å²) in [5, 5.41) is 10.4. The van der Waals surface area contributed by atoms with Crippen molar-refractivity contribution < 1.29 is 4.57 Å². The first-order valence-corrected chi connectivity index (χ1v) is 8.90. The SMILES string of the molecule is [N-]=C=C(C(=Nc1ccccc1)SCc1ccccc1)[n+]1ccccc1. The summed E-state index contributed by atoms with van der Waals surface area (Å²) in [6, 6.07) is 25.6. The van der Waals surface area contributed by atoms with E-state index in [1.165, 1.54) is 5.56 Å². The average molecular weight is 343 g/mol. The average Bonchev–Trinajstić information content (AvgIpc) is 2.69. The summed E-state index contributed by atoms with van der Waals surface area (Å²) in [4.78, 5) is 4.72. The van der Waals surface area contributed by atoms with Crippen molar-refractivity contribution in [2.24, 2.45) is 4.99 Å². The first-order chi connectivity index (χ1) is 12.4. The van der Waals surface area contributed by atoms with E-state index in [0.717, 1.165) is 11.4 Å². The predicted octanol–water partition coefficient (Wildman–Crippen LogP) is 4.72.